The maximum atomic E-state index is 13.1. The molecular formula is C12H12FN3O. The van der Waals surface area contributed by atoms with E-state index >= 15 is 0 Å². The predicted octanol–water partition coefficient (Wildman–Crippen LogP) is 0.434. The van der Waals surface area contributed by atoms with Crippen molar-refractivity contribution in [3.63, 3.8) is 0 Å². The van der Waals surface area contributed by atoms with Gasteiger partial charge in [0.05, 0.1) is 0 Å². The molecular weight excluding hydrogens is 221 g/mol. The first-order valence-corrected chi connectivity index (χ1v) is 5.58. The maximum absolute atomic E-state index is 13.1. The van der Waals surface area contributed by atoms with Crippen molar-refractivity contribution in [2.75, 3.05) is 13.1 Å². The van der Waals surface area contributed by atoms with Gasteiger partial charge < -0.3 is 10.6 Å². The van der Waals surface area contributed by atoms with Crippen LogP contribution in [0.3, 0.4) is 0 Å². The summed E-state index contributed by atoms with van der Waals surface area (Å²) in [7, 11) is 0. The second-order valence-electron chi connectivity index (χ2n) is 4.38. The van der Waals surface area contributed by atoms with Crippen molar-refractivity contribution in [2.45, 2.75) is 12.1 Å². The number of nitrogens with zero attached hydrogens (tertiary/aromatic N) is 1. The van der Waals surface area contributed by atoms with Crippen molar-refractivity contribution in [3.8, 4) is 0 Å². The number of hydrogen-bond acceptors (Lipinski definition) is 3. The lowest BCUT2D eigenvalue weighted by atomic mass is 10.1. The van der Waals surface area contributed by atoms with E-state index in [2.05, 4.69) is 15.6 Å². The molecule has 3 rings (SSSR count). The van der Waals surface area contributed by atoms with Gasteiger partial charge in [-0.2, -0.15) is 0 Å². The molecule has 0 bridgehead atoms. The van der Waals surface area contributed by atoms with Gasteiger partial charge in [0.25, 0.3) is 5.91 Å². The minimum absolute atomic E-state index is 0.223. The van der Waals surface area contributed by atoms with Gasteiger partial charge in [0.15, 0.2) is 0 Å². The van der Waals surface area contributed by atoms with Crippen molar-refractivity contribution in [1.29, 1.82) is 0 Å². The summed E-state index contributed by atoms with van der Waals surface area (Å²) in [4.78, 5) is 16.3. The third kappa shape index (κ3) is 1.72. The summed E-state index contributed by atoms with van der Waals surface area (Å²) in [5.74, 6) is -0.581. The molecule has 0 unspecified atom stereocenters. The standard InChI is InChI=1S/C12H12FN3O/c13-9-3-1-2-8(6-9)10-11(17)16-12(15-10)4-5-14-7-12/h1-3,6,14H,4-5,7H2,(H,16,17)/t12-/m1/s1. The Labute approximate surface area is 97.9 Å². The van der Waals surface area contributed by atoms with Crippen LogP contribution < -0.4 is 10.6 Å². The lowest BCUT2D eigenvalue weighted by Crippen LogP contribution is -2.44. The van der Waals surface area contributed by atoms with Gasteiger partial charge in [0, 0.05) is 18.5 Å². The second-order valence-corrected chi connectivity index (χ2v) is 4.38. The molecule has 2 aliphatic heterocycles. The molecule has 0 aliphatic carbocycles. The molecule has 2 N–H and O–H groups in total. The Morgan fingerprint density at radius 2 is 2.29 bits per heavy atom. The topological polar surface area (TPSA) is 53.5 Å². The van der Waals surface area contributed by atoms with Crippen LogP contribution in [0.2, 0.25) is 0 Å². The van der Waals surface area contributed by atoms with Gasteiger partial charge in [-0.05, 0) is 18.7 Å². The highest BCUT2D eigenvalue weighted by molar-refractivity contribution is 6.46. The fourth-order valence-electron chi connectivity index (χ4n) is 2.28. The lowest BCUT2D eigenvalue weighted by molar-refractivity contribution is -0.115. The zero-order valence-electron chi connectivity index (χ0n) is 9.16. The molecule has 5 heteroatoms. The third-order valence-corrected chi connectivity index (χ3v) is 3.12. The van der Waals surface area contributed by atoms with Gasteiger partial charge in [-0.1, -0.05) is 12.1 Å². The summed E-state index contributed by atoms with van der Waals surface area (Å²) in [6.07, 6.45) is 0.775. The van der Waals surface area contributed by atoms with Crippen LogP contribution in [0, 0.1) is 5.82 Å². The Kier molecular flexibility index (Phi) is 2.22. The van der Waals surface area contributed by atoms with Crippen LogP contribution in [0.5, 0.6) is 0 Å². The van der Waals surface area contributed by atoms with Crippen LogP contribution in [0.1, 0.15) is 12.0 Å². The molecule has 0 radical (unpaired) electrons. The van der Waals surface area contributed by atoms with Gasteiger partial charge in [-0.15, -0.1) is 0 Å². The first-order chi connectivity index (χ1) is 8.19. The highest BCUT2D eigenvalue weighted by Gasteiger charge is 2.41. The summed E-state index contributed by atoms with van der Waals surface area (Å²) in [6, 6.07) is 5.96. The van der Waals surface area contributed by atoms with E-state index in [1.165, 1.54) is 12.1 Å². The molecule has 88 valence electrons. The van der Waals surface area contributed by atoms with Crippen LogP contribution >= 0.6 is 0 Å². The number of benzene rings is 1. The summed E-state index contributed by atoms with van der Waals surface area (Å²) >= 11 is 0. The molecule has 1 atom stereocenters. The Hall–Kier alpha value is -1.75. The summed E-state index contributed by atoms with van der Waals surface area (Å²) in [5, 5.41) is 6.03. The van der Waals surface area contributed by atoms with Crippen molar-refractivity contribution < 1.29 is 9.18 Å². The lowest BCUT2D eigenvalue weighted by Gasteiger charge is -2.17. The minimum atomic E-state index is -0.515. The Morgan fingerprint density at radius 1 is 1.41 bits per heavy atom. The van der Waals surface area contributed by atoms with Crippen LogP contribution in [-0.4, -0.2) is 30.4 Å². The van der Waals surface area contributed by atoms with Gasteiger partial charge in [-0.25, -0.2) is 9.38 Å². The molecule has 17 heavy (non-hydrogen) atoms. The number of hydrogen-bond donors (Lipinski definition) is 2. The van der Waals surface area contributed by atoms with Crippen molar-refractivity contribution in [2.24, 2.45) is 4.99 Å². The monoisotopic (exact) mass is 233 g/mol. The van der Waals surface area contributed by atoms with Crippen molar-refractivity contribution in [1.82, 2.24) is 10.6 Å². The SMILES string of the molecule is O=C1N[C@@]2(CCNC2)N=C1c1cccc(F)c1. The molecule has 1 spiro atoms. The average Bonchev–Trinajstić information content (AvgIpc) is 2.87. The Morgan fingerprint density at radius 3 is 3.00 bits per heavy atom. The molecule has 0 aromatic heterocycles. The van der Waals surface area contributed by atoms with E-state index in [9.17, 15) is 9.18 Å². The predicted molar refractivity (Wildman–Crippen MR) is 61.3 cm³/mol. The van der Waals surface area contributed by atoms with Crippen LogP contribution in [0.25, 0.3) is 0 Å². The molecule has 2 heterocycles. The molecule has 1 aromatic rings. The molecule has 0 saturated carbocycles. The fraction of sp³-hybridized carbons (Fsp3) is 0.333. The number of halogens is 1. The van der Waals surface area contributed by atoms with E-state index in [0.29, 0.717) is 17.8 Å². The van der Waals surface area contributed by atoms with Crippen molar-refractivity contribution in [3.05, 3.63) is 35.6 Å². The molecule has 2 aliphatic rings. The van der Waals surface area contributed by atoms with Gasteiger partial charge in [-0.3, -0.25) is 4.79 Å². The van der Waals surface area contributed by atoms with Gasteiger partial charge >= 0.3 is 0 Å². The Balaban J connectivity index is 2.00. The van der Waals surface area contributed by atoms with Crippen molar-refractivity contribution >= 4 is 11.6 Å². The first-order valence-electron chi connectivity index (χ1n) is 5.58. The maximum Gasteiger partial charge on any atom is 0.272 e. The number of nitrogens with one attached hydrogen (secondary N) is 2. The summed E-state index contributed by atoms with van der Waals surface area (Å²) in [5.41, 5.74) is 0.345. The number of amides is 1. The zero-order valence-corrected chi connectivity index (χ0v) is 9.16. The molecule has 4 nitrogen and oxygen atoms in total. The first kappa shape index (κ1) is 10.4. The van der Waals surface area contributed by atoms with E-state index in [1.54, 1.807) is 12.1 Å². The zero-order chi connectivity index (χ0) is 11.9. The van der Waals surface area contributed by atoms with E-state index in [-0.39, 0.29) is 11.7 Å². The highest BCUT2D eigenvalue weighted by atomic mass is 19.1. The van der Waals surface area contributed by atoms with E-state index in [0.717, 1.165) is 13.0 Å². The summed E-state index contributed by atoms with van der Waals surface area (Å²) < 4.78 is 13.1. The second kappa shape index (κ2) is 3.63. The quantitative estimate of drug-likeness (QED) is 0.739. The van der Waals surface area contributed by atoms with E-state index in [4.69, 9.17) is 0 Å². The number of carbonyl (C=O) groups excluding carboxylic acids is 1. The largest absolute Gasteiger partial charge is 0.325 e. The molecule has 1 fully saturated rings. The Bertz CT molecular complexity index is 506. The van der Waals surface area contributed by atoms with Gasteiger partial charge in [0.1, 0.15) is 17.2 Å². The molecule has 1 saturated heterocycles. The van der Waals surface area contributed by atoms with E-state index in [1.807, 2.05) is 0 Å². The number of carbonyl (C=O) groups is 1. The highest BCUT2D eigenvalue weighted by Crippen LogP contribution is 2.23. The van der Waals surface area contributed by atoms with E-state index < -0.39 is 5.66 Å². The number of rotatable bonds is 1. The smallest absolute Gasteiger partial charge is 0.272 e. The van der Waals surface area contributed by atoms with Gasteiger partial charge in [0.2, 0.25) is 0 Å². The minimum Gasteiger partial charge on any atom is -0.325 e. The fourth-order valence-corrected chi connectivity index (χ4v) is 2.28. The summed E-state index contributed by atoms with van der Waals surface area (Å²) in [6.45, 7) is 1.47. The molecule has 1 amide bonds. The average molecular weight is 233 g/mol. The van der Waals surface area contributed by atoms with Crippen LogP contribution in [0.4, 0.5) is 4.39 Å². The van der Waals surface area contributed by atoms with Crippen LogP contribution in [0.15, 0.2) is 29.3 Å². The third-order valence-electron chi connectivity index (χ3n) is 3.12. The molecule has 1 aromatic carbocycles. The van der Waals surface area contributed by atoms with Crippen LogP contribution in [-0.2, 0) is 4.79 Å². The normalized spacial score (nSPS) is 27.4. The number of aliphatic imine (C=N–C) groups is 1.